The molecule has 3 aromatic rings. The molecule has 1 unspecified atom stereocenters. The Hall–Kier alpha value is -2.51. The topological polar surface area (TPSA) is 31.5 Å². The van der Waals surface area contributed by atoms with Gasteiger partial charge in [-0.05, 0) is 57.7 Å². The Kier molecular flexibility index (Phi) is 6.81. The minimum absolute atomic E-state index is 0.0546. The molecule has 0 amide bonds. The van der Waals surface area contributed by atoms with E-state index in [1.807, 2.05) is 36.1 Å². The van der Waals surface area contributed by atoms with E-state index in [9.17, 15) is 4.39 Å². The fourth-order valence-corrected chi connectivity index (χ4v) is 5.93. The quantitative estimate of drug-likeness (QED) is 0.417. The molecule has 2 aromatic carbocycles. The molecular weight excluding hydrogens is 463 g/mol. The first kappa shape index (κ1) is 25.2. The fourth-order valence-electron chi connectivity index (χ4n) is 5.93. The number of ether oxygens (including phenoxy) is 1. The van der Waals surface area contributed by atoms with Crippen LogP contribution in [0.15, 0.2) is 36.4 Å². The van der Waals surface area contributed by atoms with Gasteiger partial charge in [0.15, 0.2) is 0 Å². The number of benzene rings is 2. The molecule has 2 aliphatic heterocycles. The monoisotopic (exact) mass is 499 g/mol. The number of nitrogens with one attached hydrogen (secondary N) is 1. The predicted molar refractivity (Wildman–Crippen MR) is 137 cm³/mol. The molecule has 4 nitrogen and oxygen atoms in total. The zero-order chi connectivity index (χ0) is 25.6. The summed E-state index contributed by atoms with van der Waals surface area (Å²) < 4.78 is 52.0. The first-order valence-electron chi connectivity index (χ1n) is 13.0. The molecule has 0 radical (unpaired) electrons. The van der Waals surface area contributed by atoms with Crippen molar-refractivity contribution in [2.45, 2.75) is 58.3 Å². The lowest BCUT2D eigenvalue weighted by Crippen LogP contribution is -2.48. The molecule has 5 rings (SSSR count). The summed E-state index contributed by atoms with van der Waals surface area (Å²) in [6.45, 7) is 10.4. The number of aromatic nitrogens is 1. The molecule has 3 heterocycles. The maximum Gasteiger partial charge on any atom is 0.135 e. The molecule has 2 aliphatic rings. The summed E-state index contributed by atoms with van der Waals surface area (Å²) in [7, 11) is 0. The molecule has 1 saturated heterocycles. The van der Waals surface area contributed by atoms with Crippen molar-refractivity contribution in [3.05, 3.63) is 64.9 Å². The van der Waals surface area contributed by atoms with E-state index in [-0.39, 0.29) is 23.9 Å². The van der Waals surface area contributed by atoms with Gasteiger partial charge in [-0.15, -0.1) is 0 Å². The van der Waals surface area contributed by atoms with Crippen LogP contribution in [0.3, 0.4) is 0 Å². The number of halogens is 3. The van der Waals surface area contributed by atoms with Crippen molar-refractivity contribution in [2.24, 2.45) is 5.92 Å². The van der Waals surface area contributed by atoms with Crippen LogP contribution < -0.4 is 4.74 Å². The number of nitrogens with zero attached hydrogens (tertiary/aromatic N) is 2. The van der Waals surface area contributed by atoms with Gasteiger partial charge in [0, 0.05) is 60.0 Å². The van der Waals surface area contributed by atoms with Crippen molar-refractivity contribution < 1.29 is 17.9 Å². The van der Waals surface area contributed by atoms with Gasteiger partial charge in [0.1, 0.15) is 29.7 Å². The third-order valence-electron chi connectivity index (χ3n) is 7.59. The number of hydrogen-bond acceptors (Lipinski definition) is 3. The van der Waals surface area contributed by atoms with E-state index in [2.05, 4.69) is 16.8 Å². The minimum Gasteiger partial charge on any atom is -0.492 e. The first-order chi connectivity index (χ1) is 17.1. The zero-order valence-electron chi connectivity index (χ0n) is 21.6. The van der Waals surface area contributed by atoms with E-state index in [0.717, 1.165) is 41.8 Å². The van der Waals surface area contributed by atoms with E-state index in [0.29, 0.717) is 18.9 Å². The van der Waals surface area contributed by atoms with Crippen LogP contribution in [0, 0.1) is 17.6 Å². The summed E-state index contributed by atoms with van der Waals surface area (Å²) >= 11 is 0. The molecule has 1 N–H and O–H groups in total. The van der Waals surface area contributed by atoms with Gasteiger partial charge in [-0.3, -0.25) is 9.80 Å². The lowest BCUT2D eigenvalue weighted by atomic mass is 9.87. The third kappa shape index (κ3) is 5.00. The number of hydrogen-bond donors (Lipinski definition) is 1. The van der Waals surface area contributed by atoms with Gasteiger partial charge in [0.2, 0.25) is 0 Å². The highest BCUT2D eigenvalue weighted by atomic mass is 19.1. The summed E-state index contributed by atoms with van der Waals surface area (Å²) in [6.07, 6.45) is 1.84. The van der Waals surface area contributed by atoms with Crippen molar-refractivity contribution in [3.63, 3.8) is 0 Å². The molecule has 7 heteroatoms. The van der Waals surface area contributed by atoms with Crippen molar-refractivity contribution in [2.75, 3.05) is 32.8 Å². The van der Waals surface area contributed by atoms with Crippen LogP contribution in [0.25, 0.3) is 10.9 Å². The Balaban J connectivity index is 1.49. The number of fused-ring (bicyclic) bond motifs is 3. The normalized spacial score (nSPS) is 23.4. The fraction of sp³-hybridized carbons (Fsp3) is 0.517. The van der Waals surface area contributed by atoms with E-state index < -0.39 is 23.3 Å². The average Bonchev–Trinajstić information content (AvgIpc) is 3.37. The Labute approximate surface area is 211 Å². The number of alkyl halides is 1. The highest BCUT2D eigenvalue weighted by molar-refractivity contribution is 5.85. The largest absolute Gasteiger partial charge is 0.492 e. The second-order valence-electron chi connectivity index (χ2n) is 11.3. The first-order valence-corrected chi connectivity index (χ1v) is 13.0. The zero-order valence-corrected chi connectivity index (χ0v) is 21.6. The molecule has 36 heavy (non-hydrogen) atoms. The summed E-state index contributed by atoms with van der Waals surface area (Å²) in [5.74, 6) is -0.502. The van der Waals surface area contributed by atoms with Gasteiger partial charge in [-0.2, -0.15) is 0 Å². The second kappa shape index (κ2) is 9.75. The number of aromatic amines is 1. The highest BCUT2D eigenvalue weighted by Gasteiger charge is 2.41. The molecule has 1 aromatic heterocycles. The molecule has 0 spiro atoms. The van der Waals surface area contributed by atoms with E-state index in [1.54, 1.807) is 0 Å². The maximum absolute atomic E-state index is 15.7. The van der Waals surface area contributed by atoms with E-state index in [1.165, 1.54) is 32.4 Å². The molecule has 0 bridgehead atoms. The summed E-state index contributed by atoms with van der Waals surface area (Å²) in [6, 6.07) is 9.54. The smallest absolute Gasteiger partial charge is 0.135 e. The van der Waals surface area contributed by atoms with E-state index >= 15 is 8.78 Å². The Bertz CT molecular complexity index is 1210. The minimum atomic E-state index is -1.53. The molecule has 194 valence electrons. The van der Waals surface area contributed by atoms with Crippen molar-refractivity contribution in [3.8, 4) is 5.75 Å². The average molecular weight is 500 g/mol. The van der Waals surface area contributed by atoms with Crippen molar-refractivity contribution >= 4 is 10.9 Å². The number of H-pyrrole nitrogens is 1. The second-order valence-corrected chi connectivity index (χ2v) is 11.3. The number of rotatable bonds is 7. The van der Waals surface area contributed by atoms with Crippen molar-refractivity contribution in [1.82, 2.24) is 14.8 Å². The molecular formula is C29H36F3N3O. The lowest BCUT2D eigenvalue weighted by Gasteiger charge is -2.43. The summed E-state index contributed by atoms with van der Waals surface area (Å²) in [5, 5.41) is 1.04. The van der Waals surface area contributed by atoms with Crippen LogP contribution in [0.1, 0.15) is 57.0 Å². The molecule has 3 atom stereocenters. The summed E-state index contributed by atoms with van der Waals surface area (Å²) in [4.78, 5) is 7.60. The van der Waals surface area contributed by atoms with Gasteiger partial charge < -0.3 is 9.72 Å². The third-order valence-corrected chi connectivity index (χ3v) is 7.59. The standard InChI is InChI=1S/C29H36F3N3O/c1-18-9-10-34(16-18)11-12-36-20-14-23(30)26(24(31)15-20)28-27-22(21-7-5-6-8-25(21)33-27)13-19(2)35(28)17-29(3,4)32/h5-8,14-15,18-19,28,33H,9-13,16-17H2,1-4H3/t18?,19-,28-/m1/s1. The maximum atomic E-state index is 15.7. The van der Waals surface area contributed by atoms with Crippen LogP contribution >= 0.6 is 0 Å². The van der Waals surface area contributed by atoms with Gasteiger partial charge in [-0.25, -0.2) is 13.2 Å². The SMILES string of the molecule is CC1CCN(CCOc2cc(F)c([C@@H]3c4[nH]c5ccccc5c4C[C@@H](C)N3CC(C)(C)F)c(F)c2)C1. The van der Waals surface area contributed by atoms with Crippen LogP contribution in [-0.2, 0) is 6.42 Å². The number of para-hydroxylation sites is 1. The summed E-state index contributed by atoms with van der Waals surface area (Å²) in [5.41, 5.74) is 1.08. The Morgan fingerprint density at radius 2 is 1.83 bits per heavy atom. The van der Waals surface area contributed by atoms with Gasteiger partial charge in [-0.1, -0.05) is 25.1 Å². The van der Waals surface area contributed by atoms with Gasteiger partial charge in [0.25, 0.3) is 0 Å². The Morgan fingerprint density at radius 1 is 1.11 bits per heavy atom. The molecule has 0 saturated carbocycles. The van der Waals surface area contributed by atoms with Crippen LogP contribution in [0.5, 0.6) is 5.75 Å². The van der Waals surface area contributed by atoms with Gasteiger partial charge >= 0.3 is 0 Å². The van der Waals surface area contributed by atoms with Gasteiger partial charge in [0.05, 0.1) is 6.04 Å². The lowest BCUT2D eigenvalue weighted by molar-refractivity contribution is 0.0642. The molecule has 1 fully saturated rings. The van der Waals surface area contributed by atoms with Crippen LogP contribution in [-0.4, -0.2) is 59.3 Å². The van der Waals surface area contributed by atoms with E-state index in [4.69, 9.17) is 4.74 Å². The molecule has 0 aliphatic carbocycles. The number of likely N-dealkylation sites (tertiary alicyclic amines) is 1. The Morgan fingerprint density at radius 3 is 2.50 bits per heavy atom. The van der Waals surface area contributed by atoms with Crippen LogP contribution in [0.2, 0.25) is 0 Å². The highest BCUT2D eigenvalue weighted by Crippen LogP contribution is 2.43. The van der Waals surface area contributed by atoms with Crippen LogP contribution in [0.4, 0.5) is 13.2 Å². The van der Waals surface area contributed by atoms with Crippen molar-refractivity contribution in [1.29, 1.82) is 0 Å². The predicted octanol–water partition coefficient (Wildman–Crippen LogP) is 6.25.